The van der Waals surface area contributed by atoms with Gasteiger partial charge in [0.15, 0.2) is 0 Å². The minimum Gasteiger partial charge on any atom is -0.349 e. The van der Waals surface area contributed by atoms with E-state index in [-0.39, 0.29) is 11.9 Å². The lowest BCUT2D eigenvalue weighted by molar-refractivity contribution is -0.118. The van der Waals surface area contributed by atoms with Crippen LogP contribution in [0.3, 0.4) is 0 Å². The quantitative estimate of drug-likeness (QED) is 0.946. The Bertz CT molecular complexity index is 635. The van der Waals surface area contributed by atoms with Gasteiger partial charge in [-0.15, -0.1) is 0 Å². The van der Waals surface area contributed by atoms with Gasteiger partial charge in [0.25, 0.3) is 0 Å². The van der Waals surface area contributed by atoms with E-state index in [1.807, 2.05) is 12.1 Å². The summed E-state index contributed by atoms with van der Waals surface area (Å²) in [5.41, 5.74) is 2.04. The van der Waals surface area contributed by atoms with Crippen molar-refractivity contribution in [3.63, 3.8) is 0 Å². The molecule has 5 heteroatoms. The van der Waals surface area contributed by atoms with Crippen LogP contribution in [-0.4, -0.2) is 28.5 Å². The van der Waals surface area contributed by atoms with Gasteiger partial charge in [0.1, 0.15) is 0 Å². The van der Waals surface area contributed by atoms with Crippen molar-refractivity contribution in [3.8, 4) is 0 Å². The Morgan fingerprint density at radius 2 is 2.05 bits per heavy atom. The maximum absolute atomic E-state index is 12.2. The average Bonchev–Trinajstić information content (AvgIpc) is 2.94. The molecule has 0 bridgehead atoms. The third kappa shape index (κ3) is 3.12. The van der Waals surface area contributed by atoms with Crippen molar-refractivity contribution in [2.24, 2.45) is 0 Å². The molecule has 0 radical (unpaired) electrons. The molecule has 2 aromatic rings. The summed E-state index contributed by atoms with van der Waals surface area (Å²) in [7, 11) is 0. The predicted octanol–water partition coefficient (Wildman–Crippen LogP) is 3.16. The number of carbonyl (C=O) groups is 1. The highest BCUT2D eigenvalue weighted by Gasteiger charge is 2.24. The number of nitrogens with zero attached hydrogens (tertiary/aromatic N) is 2. The van der Waals surface area contributed by atoms with E-state index in [4.69, 9.17) is 11.6 Å². The number of benzene rings is 1. The van der Waals surface area contributed by atoms with Crippen LogP contribution in [0.1, 0.15) is 18.7 Å². The highest BCUT2D eigenvalue weighted by Crippen LogP contribution is 2.24. The number of fused-ring (bicyclic) bond motifs is 1. The molecule has 1 aliphatic heterocycles. The molecule has 1 N–H and O–H groups in total. The Kier molecular flexibility index (Phi) is 3.99. The van der Waals surface area contributed by atoms with Crippen LogP contribution in [-0.2, 0) is 11.3 Å². The van der Waals surface area contributed by atoms with Gasteiger partial charge >= 0.3 is 0 Å². The van der Waals surface area contributed by atoms with Crippen molar-refractivity contribution in [2.75, 3.05) is 18.4 Å². The van der Waals surface area contributed by atoms with E-state index in [1.165, 1.54) is 5.69 Å². The zero-order chi connectivity index (χ0) is 14.8. The van der Waals surface area contributed by atoms with Gasteiger partial charge in [0, 0.05) is 41.7 Å². The number of aromatic nitrogens is 1. The normalized spacial score (nSPS) is 18.3. The van der Waals surface area contributed by atoms with Crippen molar-refractivity contribution < 1.29 is 4.79 Å². The van der Waals surface area contributed by atoms with Crippen molar-refractivity contribution >= 4 is 23.2 Å². The van der Waals surface area contributed by atoms with Gasteiger partial charge < -0.3 is 9.88 Å². The van der Waals surface area contributed by atoms with E-state index in [0.717, 1.165) is 18.8 Å². The predicted molar refractivity (Wildman–Crippen MR) is 84.5 cm³/mol. The van der Waals surface area contributed by atoms with Gasteiger partial charge in [-0.1, -0.05) is 11.6 Å². The van der Waals surface area contributed by atoms with Crippen LogP contribution < -0.4 is 5.32 Å². The van der Waals surface area contributed by atoms with Gasteiger partial charge in [-0.05, 0) is 43.3 Å². The first-order chi connectivity index (χ1) is 10.1. The highest BCUT2D eigenvalue weighted by atomic mass is 35.5. The zero-order valence-corrected chi connectivity index (χ0v) is 12.7. The molecule has 1 aromatic carbocycles. The molecule has 3 rings (SSSR count). The number of hydrogen-bond donors (Lipinski definition) is 1. The van der Waals surface area contributed by atoms with Gasteiger partial charge in [-0.25, -0.2) is 0 Å². The van der Waals surface area contributed by atoms with Crippen molar-refractivity contribution in [1.29, 1.82) is 0 Å². The fourth-order valence-electron chi connectivity index (χ4n) is 2.76. The molecule has 0 spiro atoms. The highest BCUT2D eigenvalue weighted by molar-refractivity contribution is 6.30. The zero-order valence-electron chi connectivity index (χ0n) is 11.9. The van der Waals surface area contributed by atoms with E-state index in [9.17, 15) is 4.79 Å². The monoisotopic (exact) mass is 303 g/mol. The first kappa shape index (κ1) is 14.2. The molecule has 0 saturated heterocycles. The maximum Gasteiger partial charge on any atom is 0.238 e. The second-order valence-electron chi connectivity index (χ2n) is 5.33. The molecule has 4 nitrogen and oxygen atoms in total. The van der Waals surface area contributed by atoms with E-state index >= 15 is 0 Å². The van der Waals surface area contributed by atoms with Crippen LogP contribution in [0.4, 0.5) is 5.69 Å². The summed E-state index contributed by atoms with van der Waals surface area (Å²) < 4.78 is 2.25. The van der Waals surface area contributed by atoms with Gasteiger partial charge in [-0.3, -0.25) is 9.69 Å². The van der Waals surface area contributed by atoms with Crippen LogP contribution in [0, 0.1) is 0 Å². The van der Waals surface area contributed by atoms with Crippen LogP contribution in [0.5, 0.6) is 0 Å². The van der Waals surface area contributed by atoms with Crippen molar-refractivity contribution in [3.05, 3.63) is 53.3 Å². The Morgan fingerprint density at radius 1 is 1.29 bits per heavy atom. The van der Waals surface area contributed by atoms with Crippen LogP contribution in [0.15, 0.2) is 42.6 Å². The molecule has 1 aromatic heterocycles. The molecule has 110 valence electrons. The summed E-state index contributed by atoms with van der Waals surface area (Å²) in [6.07, 6.45) is 2.09. The van der Waals surface area contributed by atoms with Crippen LogP contribution >= 0.6 is 11.6 Å². The topological polar surface area (TPSA) is 37.3 Å². The number of hydrogen-bond acceptors (Lipinski definition) is 2. The number of carbonyl (C=O) groups excluding carboxylic acids is 1. The SMILES string of the molecule is CC1c2cccn2CCN1CC(=O)Nc1ccc(Cl)cc1. The Hall–Kier alpha value is -1.78. The van der Waals surface area contributed by atoms with E-state index < -0.39 is 0 Å². The molecule has 1 unspecified atom stereocenters. The standard InChI is InChI=1S/C16H18ClN3O/c1-12-15-3-2-8-19(15)9-10-20(12)11-16(21)18-14-6-4-13(17)5-7-14/h2-8,12H,9-11H2,1H3,(H,18,21). The number of nitrogens with one attached hydrogen (secondary N) is 1. The molecule has 0 saturated carbocycles. The molecule has 1 aliphatic rings. The molecule has 1 atom stereocenters. The second-order valence-corrected chi connectivity index (χ2v) is 5.76. The van der Waals surface area contributed by atoms with Crippen molar-refractivity contribution in [2.45, 2.75) is 19.5 Å². The maximum atomic E-state index is 12.2. The Balaban J connectivity index is 1.62. The minimum atomic E-state index is 0.00387. The lowest BCUT2D eigenvalue weighted by Gasteiger charge is -2.34. The Labute approximate surface area is 129 Å². The summed E-state index contributed by atoms with van der Waals surface area (Å²) in [6.45, 7) is 4.35. The first-order valence-electron chi connectivity index (χ1n) is 7.08. The van der Waals surface area contributed by atoms with E-state index in [0.29, 0.717) is 11.6 Å². The lowest BCUT2D eigenvalue weighted by atomic mass is 10.1. The summed E-state index contributed by atoms with van der Waals surface area (Å²) in [6, 6.07) is 11.6. The number of anilines is 1. The fraction of sp³-hybridized carbons (Fsp3) is 0.312. The molecular weight excluding hydrogens is 286 g/mol. The summed E-state index contributed by atoms with van der Waals surface area (Å²) in [5.74, 6) is 0.00387. The summed E-state index contributed by atoms with van der Waals surface area (Å²) >= 11 is 5.84. The van der Waals surface area contributed by atoms with Gasteiger partial charge in [0.2, 0.25) is 5.91 Å². The first-order valence-corrected chi connectivity index (χ1v) is 7.46. The number of amides is 1. The molecule has 1 amide bonds. The van der Waals surface area contributed by atoms with E-state index in [2.05, 4.69) is 40.0 Å². The molecule has 21 heavy (non-hydrogen) atoms. The second kappa shape index (κ2) is 5.92. The average molecular weight is 304 g/mol. The number of rotatable bonds is 3. The largest absolute Gasteiger partial charge is 0.349 e. The molecule has 0 aliphatic carbocycles. The van der Waals surface area contributed by atoms with Crippen LogP contribution in [0.25, 0.3) is 0 Å². The van der Waals surface area contributed by atoms with Crippen LogP contribution in [0.2, 0.25) is 5.02 Å². The minimum absolute atomic E-state index is 0.00387. The van der Waals surface area contributed by atoms with Gasteiger partial charge in [0.05, 0.1) is 6.54 Å². The lowest BCUT2D eigenvalue weighted by Crippen LogP contribution is -2.41. The smallest absolute Gasteiger partial charge is 0.238 e. The third-order valence-corrected chi connectivity index (χ3v) is 4.20. The summed E-state index contributed by atoms with van der Waals surface area (Å²) in [5, 5.41) is 3.57. The van der Waals surface area contributed by atoms with E-state index in [1.54, 1.807) is 12.1 Å². The number of halogens is 1. The third-order valence-electron chi connectivity index (χ3n) is 3.94. The molecular formula is C16H18ClN3O. The van der Waals surface area contributed by atoms with Crippen molar-refractivity contribution in [1.82, 2.24) is 9.47 Å². The van der Waals surface area contributed by atoms with Gasteiger partial charge in [-0.2, -0.15) is 0 Å². The fourth-order valence-corrected chi connectivity index (χ4v) is 2.89. The Morgan fingerprint density at radius 3 is 2.81 bits per heavy atom. The molecule has 0 fully saturated rings. The summed E-state index contributed by atoms with van der Waals surface area (Å²) in [4.78, 5) is 14.4. The molecule has 2 heterocycles.